The number of ether oxygens (including phenoxy) is 1. The van der Waals surface area contributed by atoms with E-state index >= 15 is 0 Å². The zero-order chi connectivity index (χ0) is 14.8. The molecule has 0 aliphatic carbocycles. The van der Waals surface area contributed by atoms with E-state index in [0.29, 0.717) is 17.0 Å². The third-order valence-corrected chi connectivity index (χ3v) is 3.42. The molecule has 0 saturated heterocycles. The monoisotopic (exact) mass is 280 g/mol. The quantitative estimate of drug-likeness (QED) is 0.768. The summed E-state index contributed by atoms with van der Waals surface area (Å²) in [5.41, 5.74) is 3.37. The second kappa shape index (κ2) is 5.32. The zero-order valence-electron chi connectivity index (χ0n) is 11.9. The number of H-pyrrole nitrogens is 1. The highest BCUT2D eigenvalue weighted by Gasteiger charge is 2.10. The standard InChI is InChI=1S/C17H16N2O2/c1-11-3-6-16(21-2)15(9-11)19-17(20)13-4-5-14-12(10-13)7-8-18-14/h3-10,18H,1-2H3,(H,19,20). The van der Waals surface area contributed by atoms with Gasteiger partial charge in [-0.05, 0) is 48.9 Å². The maximum Gasteiger partial charge on any atom is 0.255 e. The Labute approximate surface area is 122 Å². The van der Waals surface area contributed by atoms with Crippen LogP contribution < -0.4 is 10.1 Å². The predicted octanol–water partition coefficient (Wildman–Crippen LogP) is 3.74. The van der Waals surface area contributed by atoms with Crippen molar-refractivity contribution in [2.75, 3.05) is 12.4 Å². The number of aromatic nitrogens is 1. The van der Waals surface area contributed by atoms with Crippen LogP contribution in [0.15, 0.2) is 48.7 Å². The molecule has 0 atom stereocenters. The summed E-state index contributed by atoms with van der Waals surface area (Å²) in [6, 6.07) is 13.2. The van der Waals surface area contributed by atoms with Crippen LogP contribution in [-0.4, -0.2) is 18.0 Å². The molecule has 0 fully saturated rings. The highest BCUT2D eigenvalue weighted by atomic mass is 16.5. The largest absolute Gasteiger partial charge is 0.495 e. The van der Waals surface area contributed by atoms with Crippen LogP contribution >= 0.6 is 0 Å². The number of fused-ring (bicyclic) bond motifs is 1. The van der Waals surface area contributed by atoms with Gasteiger partial charge in [0.15, 0.2) is 0 Å². The lowest BCUT2D eigenvalue weighted by Gasteiger charge is -2.11. The Morgan fingerprint density at radius 1 is 1.14 bits per heavy atom. The fourth-order valence-corrected chi connectivity index (χ4v) is 2.31. The first-order chi connectivity index (χ1) is 10.2. The van der Waals surface area contributed by atoms with Crippen LogP contribution in [0.4, 0.5) is 5.69 Å². The Morgan fingerprint density at radius 2 is 2.00 bits per heavy atom. The molecular formula is C17H16N2O2. The third kappa shape index (κ3) is 2.60. The van der Waals surface area contributed by atoms with Crippen molar-refractivity contribution in [2.24, 2.45) is 0 Å². The minimum atomic E-state index is -0.151. The van der Waals surface area contributed by atoms with Crippen LogP contribution in [0, 0.1) is 6.92 Å². The van der Waals surface area contributed by atoms with Gasteiger partial charge in [-0.3, -0.25) is 4.79 Å². The molecule has 2 N–H and O–H groups in total. The first-order valence-corrected chi connectivity index (χ1v) is 6.70. The van der Waals surface area contributed by atoms with Gasteiger partial charge >= 0.3 is 0 Å². The Morgan fingerprint density at radius 3 is 2.81 bits per heavy atom. The van der Waals surface area contributed by atoms with E-state index in [1.807, 2.05) is 49.5 Å². The molecule has 3 rings (SSSR count). The number of benzene rings is 2. The van der Waals surface area contributed by atoms with Gasteiger partial charge in [0.05, 0.1) is 12.8 Å². The first kappa shape index (κ1) is 13.2. The van der Waals surface area contributed by atoms with Crippen LogP contribution in [0.25, 0.3) is 10.9 Å². The second-order valence-electron chi connectivity index (χ2n) is 4.94. The van der Waals surface area contributed by atoms with Crippen LogP contribution in [0.3, 0.4) is 0 Å². The van der Waals surface area contributed by atoms with E-state index in [0.717, 1.165) is 16.5 Å². The summed E-state index contributed by atoms with van der Waals surface area (Å²) in [6.45, 7) is 1.97. The van der Waals surface area contributed by atoms with Crippen molar-refractivity contribution >= 4 is 22.5 Å². The van der Waals surface area contributed by atoms with Crippen LogP contribution in [0.1, 0.15) is 15.9 Å². The van der Waals surface area contributed by atoms with Crippen molar-refractivity contribution < 1.29 is 9.53 Å². The molecule has 0 aliphatic heterocycles. The fraction of sp³-hybridized carbons (Fsp3) is 0.118. The molecule has 106 valence electrons. The molecule has 1 aromatic heterocycles. The number of carbonyl (C=O) groups is 1. The lowest BCUT2D eigenvalue weighted by Crippen LogP contribution is -2.12. The molecule has 0 bridgehead atoms. The van der Waals surface area contributed by atoms with Gasteiger partial charge in [0.25, 0.3) is 5.91 Å². The third-order valence-electron chi connectivity index (χ3n) is 3.42. The molecule has 0 radical (unpaired) electrons. The minimum absolute atomic E-state index is 0.151. The molecule has 0 unspecified atom stereocenters. The lowest BCUT2D eigenvalue weighted by atomic mass is 10.1. The van der Waals surface area contributed by atoms with Crippen molar-refractivity contribution in [3.63, 3.8) is 0 Å². The predicted molar refractivity (Wildman–Crippen MR) is 84.0 cm³/mol. The van der Waals surface area contributed by atoms with Crippen LogP contribution in [0.2, 0.25) is 0 Å². The number of amides is 1. The number of hydrogen-bond acceptors (Lipinski definition) is 2. The van der Waals surface area contributed by atoms with E-state index < -0.39 is 0 Å². The van der Waals surface area contributed by atoms with Crippen molar-refractivity contribution in [3.8, 4) is 5.75 Å². The average Bonchev–Trinajstić information content (AvgIpc) is 2.94. The van der Waals surface area contributed by atoms with Gasteiger partial charge in [0.1, 0.15) is 5.75 Å². The van der Waals surface area contributed by atoms with Gasteiger partial charge in [-0.1, -0.05) is 6.07 Å². The number of nitrogens with one attached hydrogen (secondary N) is 2. The molecule has 0 spiro atoms. The van der Waals surface area contributed by atoms with E-state index in [1.54, 1.807) is 13.2 Å². The molecule has 21 heavy (non-hydrogen) atoms. The molecule has 0 saturated carbocycles. The summed E-state index contributed by atoms with van der Waals surface area (Å²) in [7, 11) is 1.59. The van der Waals surface area contributed by atoms with Gasteiger partial charge < -0.3 is 15.0 Å². The Kier molecular flexibility index (Phi) is 3.36. The van der Waals surface area contributed by atoms with Gasteiger partial charge in [-0.15, -0.1) is 0 Å². The molecule has 0 aliphatic rings. The number of rotatable bonds is 3. The molecular weight excluding hydrogens is 264 g/mol. The fourth-order valence-electron chi connectivity index (χ4n) is 2.31. The minimum Gasteiger partial charge on any atom is -0.495 e. The average molecular weight is 280 g/mol. The molecule has 2 aromatic carbocycles. The number of carbonyl (C=O) groups excluding carboxylic acids is 1. The van der Waals surface area contributed by atoms with Crippen molar-refractivity contribution in [3.05, 3.63) is 59.8 Å². The first-order valence-electron chi connectivity index (χ1n) is 6.70. The van der Waals surface area contributed by atoms with Crippen molar-refractivity contribution in [2.45, 2.75) is 6.92 Å². The number of hydrogen-bond donors (Lipinski definition) is 2. The van der Waals surface area contributed by atoms with Crippen molar-refractivity contribution in [1.82, 2.24) is 4.98 Å². The van der Waals surface area contributed by atoms with E-state index in [9.17, 15) is 4.79 Å². The maximum absolute atomic E-state index is 12.4. The number of aryl methyl sites for hydroxylation is 1. The Hall–Kier alpha value is -2.75. The van der Waals surface area contributed by atoms with Crippen molar-refractivity contribution in [1.29, 1.82) is 0 Å². The zero-order valence-corrected chi connectivity index (χ0v) is 11.9. The lowest BCUT2D eigenvalue weighted by molar-refractivity contribution is 0.102. The Balaban J connectivity index is 1.90. The summed E-state index contributed by atoms with van der Waals surface area (Å²) in [5, 5.41) is 3.91. The SMILES string of the molecule is COc1ccc(C)cc1NC(=O)c1ccc2[nH]ccc2c1. The summed E-state index contributed by atoms with van der Waals surface area (Å²) >= 11 is 0. The highest BCUT2D eigenvalue weighted by molar-refractivity contribution is 6.06. The second-order valence-corrected chi connectivity index (χ2v) is 4.94. The number of anilines is 1. The van der Waals surface area contributed by atoms with E-state index in [4.69, 9.17) is 4.74 Å². The molecule has 4 nitrogen and oxygen atoms in total. The van der Waals surface area contributed by atoms with E-state index in [1.165, 1.54) is 0 Å². The van der Waals surface area contributed by atoms with E-state index in [-0.39, 0.29) is 5.91 Å². The summed E-state index contributed by atoms with van der Waals surface area (Å²) < 4.78 is 5.28. The van der Waals surface area contributed by atoms with Gasteiger partial charge in [-0.25, -0.2) is 0 Å². The van der Waals surface area contributed by atoms with Crippen LogP contribution in [-0.2, 0) is 0 Å². The smallest absolute Gasteiger partial charge is 0.255 e. The van der Waals surface area contributed by atoms with Gasteiger partial charge in [0.2, 0.25) is 0 Å². The van der Waals surface area contributed by atoms with E-state index in [2.05, 4.69) is 10.3 Å². The number of methoxy groups -OCH3 is 1. The summed E-state index contributed by atoms with van der Waals surface area (Å²) in [5.74, 6) is 0.499. The highest BCUT2D eigenvalue weighted by Crippen LogP contribution is 2.26. The normalized spacial score (nSPS) is 10.6. The number of aromatic amines is 1. The molecule has 3 aromatic rings. The summed E-state index contributed by atoms with van der Waals surface area (Å²) in [6.07, 6.45) is 1.86. The Bertz CT molecular complexity index is 805. The molecule has 1 heterocycles. The molecule has 1 amide bonds. The molecule has 4 heteroatoms. The van der Waals surface area contributed by atoms with Crippen LogP contribution in [0.5, 0.6) is 5.75 Å². The maximum atomic E-state index is 12.4. The van der Waals surface area contributed by atoms with Gasteiger partial charge in [0, 0.05) is 22.7 Å². The topological polar surface area (TPSA) is 54.1 Å². The van der Waals surface area contributed by atoms with Gasteiger partial charge in [-0.2, -0.15) is 0 Å². The summed E-state index contributed by atoms with van der Waals surface area (Å²) in [4.78, 5) is 15.5.